The minimum Gasteiger partial charge on any atom is -0.458 e. The highest BCUT2D eigenvalue weighted by Gasteiger charge is 2.42. The third-order valence-corrected chi connectivity index (χ3v) is 12.8. The maximum Gasteiger partial charge on any atom is 0.260 e. The second-order valence-corrected chi connectivity index (χ2v) is 19.6. The highest BCUT2D eigenvalue weighted by atomic mass is 16.5. The van der Waals surface area contributed by atoms with Crippen molar-refractivity contribution in [2.75, 3.05) is 0 Å². The SMILES string of the molecule is CC(C)c1cccc(C(C)C)c1-n1c(-c2cccc(-c3ccc4c5c6c(cc4c3)Oc3ccc(C(C)(C)C)cc3B6c3cc(C(C)(C)C)ccc3O5)c2)nc2ccccc21. The fourth-order valence-corrected chi connectivity index (χ4v) is 9.44. The van der Waals surface area contributed by atoms with Crippen molar-refractivity contribution in [1.29, 1.82) is 0 Å². The molecule has 0 fully saturated rings. The minimum absolute atomic E-state index is 0.00128. The number of hydrogen-bond donors (Lipinski definition) is 0. The normalized spacial score (nSPS) is 13.4. The van der Waals surface area contributed by atoms with Gasteiger partial charge < -0.3 is 9.47 Å². The Labute approximate surface area is 355 Å². The van der Waals surface area contributed by atoms with Gasteiger partial charge in [-0.05, 0) is 115 Å². The van der Waals surface area contributed by atoms with E-state index in [2.05, 4.69) is 201 Å². The van der Waals surface area contributed by atoms with Gasteiger partial charge in [0.25, 0.3) is 6.71 Å². The predicted octanol–water partition coefficient (Wildman–Crippen LogP) is 13.1. The van der Waals surface area contributed by atoms with Crippen molar-refractivity contribution in [3.05, 3.63) is 150 Å². The molecule has 2 aliphatic rings. The Bertz CT molecular complexity index is 2980. The lowest BCUT2D eigenvalue weighted by atomic mass is 9.34. The summed E-state index contributed by atoms with van der Waals surface area (Å²) in [6.45, 7) is 22.8. The van der Waals surface area contributed by atoms with Gasteiger partial charge in [-0.15, -0.1) is 0 Å². The van der Waals surface area contributed by atoms with Crippen LogP contribution in [0, 0.1) is 0 Å². The second-order valence-electron chi connectivity index (χ2n) is 19.6. The zero-order valence-corrected chi connectivity index (χ0v) is 36.6. The summed E-state index contributed by atoms with van der Waals surface area (Å²) in [4.78, 5) is 5.33. The summed E-state index contributed by atoms with van der Waals surface area (Å²) < 4.78 is 16.3. The lowest BCUT2D eigenvalue weighted by Crippen LogP contribution is -2.57. The van der Waals surface area contributed by atoms with E-state index in [0.29, 0.717) is 11.8 Å². The first-order valence-electron chi connectivity index (χ1n) is 21.6. The van der Waals surface area contributed by atoms with Crippen LogP contribution in [0.1, 0.15) is 103 Å². The van der Waals surface area contributed by atoms with Gasteiger partial charge in [-0.2, -0.15) is 0 Å². The molecule has 5 heteroatoms. The number of fused-ring (bicyclic) bond motifs is 7. The first-order valence-corrected chi connectivity index (χ1v) is 21.6. The standard InChI is InChI=1S/C55H53BN2O2/c1-32(2)40-17-14-18-41(33(3)4)51(40)58-46-20-12-11-19-45(46)57-53(58)36-16-13-15-34(27-36)35-21-24-42-37(28-35)29-49-50-52(42)60-48-26-23-39(55(8,9)10)31-44(48)56(50)43-30-38(54(5,6)7)22-25-47(43)59-49/h11-33H,1-10H3. The molecule has 0 unspecified atom stereocenters. The maximum atomic E-state index is 6.99. The predicted molar refractivity (Wildman–Crippen MR) is 253 cm³/mol. The zero-order chi connectivity index (χ0) is 41.8. The van der Waals surface area contributed by atoms with Gasteiger partial charge in [0.2, 0.25) is 0 Å². The Hall–Kier alpha value is -6.07. The molecule has 0 radical (unpaired) electrons. The van der Waals surface area contributed by atoms with Gasteiger partial charge in [0.1, 0.15) is 28.8 Å². The summed E-state index contributed by atoms with van der Waals surface area (Å²) in [5, 5.41) is 2.16. The Morgan fingerprint density at radius 2 is 1.15 bits per heavy atom. The molecule has 60 heavy (non-hydrogen) atoms. The summed E-state index contributed by atoms with van der Waals surface area (Å²) >= 11 is 0. The smallest absolute Gasteiger partial charge is 0.260 e. The van der Waals surface area contributed by atoms with Crippen LogP contribution in [0.5, 0.6) is 23.0 Å². The molecule has 298 valence electrons. The Morgan fingerprint density at radius 1 is 0.550 bits per heavy atom. The third kappa shape index (κ3) is 6.16. The van der Waals surface area contributed by atoms with Crippen molar-refractivity contribution < 1.29 is 9.47 Å². The molecule has 3 heterocycles. The molecule has 2 aliphatic heterocycles. The topological polar surface area (TPSA) is 36.3 Å². The number of para-hydroxylation sites is 3. The quantitative estimate of drug-likeness (QED) is 0.163. The number of ether oxygens (including phenoxy) is 2. The van der Waals surface area contributed by atoms with Crippen LogP contribution in [0.15, 0.2) is 127 Å². The molecular weight excluding hydrogens is 731 g/mol. The molecule has 0 N–H and O–H groups in total. The lowest BCUT2D eigenvalue weighted by Gasteiger charge is -2.35. The van der Waals surface area contributed by atoms with Crippen LogP contribution in [0.25, 0.3) is 50.0 Å². The van der Waals surface area contributed by atoms with Crippen LogP contribution in [0.3, 0.4) is 0 Å². The number of aromatic nitrogens is 2. The van der Waals surface area contributed by atoms with Crippen molar-refractivity contribution in [3.63, 3.8) is 0 Å². The van der Waals surface area contributed by atoms with Crippen molar-refractivity contribution in [2.24, 2.45) is 0 Å². The van der Waals surface area contributed by atoms with Crippen LogP contribution in [-0.2, 0) is 10.8 Å². The number of imidazole rings is 1. The summed E-state index contributed by atoms with van der Waals surface area (Å²) in [7, 11) is 0. The molecular formula is C55H53BN2O2. The van der Waals surface area contributed by atoms with E-state index in [1.54, 1.807) is 0 Å². The molecule has 8 aromatic rings. The number of nitrogens with zero attached hydrogens (tertiary/aromatic N) is 2. The molecule has 0 saturated carbocycles. The van der Waals surface area contributed by atoms with Crippen LogP contribution < -0.4 is 25.9 Å². The largest absolute Gasteiger partial charge is 0.458 e. The van der Waals surface area contributed by atoms with Crippen molar-refractivity contribution in [1.82, 2.24) is 9.55 Å². The summed E-state index contributed by atoms with van der Waals surface area (Å²) in [6.07, 6.45) is 0. The van der Waals surface area contributed by atoms with E-state index in [4.69, 9.17) is 14.5 Å². The highest BCUT2D eigenvalue weighted by molar-refractivity contribution is 6.98. The fraction of sp³-hybridized carbons (Fsp3) is 0.255. The van der Waals surface area contributed by atoms with Crippen LogP contribution in [0.2, 0.25) is 0 Å². The molecule has 0 atom stereocenters. The van der Waals surface area contributed by atoms with E-state index < -0.39 is 0 Å². The fourth-order valence-electron chi connectivity index (χ4n) is 9.44. The van der Waals surface area contributed by atoms with E-state index in [0.717, 1.165) is 72.8 Å². The van der Waals surface area contributed by atoms with Gasteiger partial charge in [0.05, 0.1) is 16.7 Å². The molecule has 4 nitrogen and oxygen atoms in total. The molecule has 0 spiro atoms. The molecule has 10 rings (SSSR count). The second kappa shape index (κ2) is 13.7. The van der Waals surface area contributed by atoms with Gasteiger partial charge in [-0.3, -0.25) is 4.57 Å². The average Bonchev–Trinajstić information content (AvgIpc) is 3.61. The van der Waals surface area contributed by atoms with E-state index in [9.17, 15) is 0 Å². The van der Waals surface area contributed by atoms with Crippen molar-refractivity contribution in [2.45, 2.75) is 91.9 Å². The van der Waals surface area contributed by atoms with E-state index in [1.165, 1.54) is 38.9 Å². The van der Waals surface area contributed by atoms with Crippen molar-refractivity contribution in [3.8, 4) is 51.2 Å². The average molecular weight is 785 g/mol. The van der Waals surface area contributed by atoms with E-state index >= 15 is 0 Å². The monoisotopic (exact) mass is 784 g/mol. The molecule has 0 amide bonds. The molecule has 0 bridgehead atoms. The molecule has 0 aliphatic carbocycles. The van der Waals surface area contributed by atoms with E-state index in [1.807, 2.05) is 0 Å². The van der Waals surface area contributed by atoms with Crippen LogP contribution in [0.4, 0.5) is 0 Å². The Kier molecular flexibility index (Phi) is 8.74. The van der Waals surface area contributed by atoms with Crippen LogP contribution in [-0.4, -0.2) is 16.3 Å². The highest BCUT2D eigenvalue weighted by Crippen LogP contribution is 2.43. The summed E-state index contributed by atoms with van der Waals surface area (Å²) in [5.41, 5.74) is 15.4. The van der Waals surface area contributed by atoms with Crippen LogP contribution >= 0.6 is 0 Å². The lowest BCUT2D eigenvalue weighted by molar-refractivity contribution is 0.467. The number of rotatable bonds is 5. The van der Waals surface area contributed by atoms with Gasteiger partial charge in [-0.25, -0.2) is 4.98 Å². The number of hydrogen-bond acceptors (Lipinski definition) is 3. The first kappa shape index (κ1) is 38.2. The third-order valence-electron chi connectivity index (χ3n) is 12.8. The number of benzene rings is 7. The van der Waals surface area contributed by atoms with Gasteiger partial charge in [-0.1, -0.05) is 154 Å². The van der Waals surface area contributed by atoms with Gasteiger partial charge in [0.15, 0.2) is 0 Å². The summed E-state index contributed by atoms with van der Waals surface area (Å²) in [5.74, 6) is 5.20. The van der Waals surface area contributed by atoms with Gasteiger partial charge in [0, 0.05) is 16.4 Å². The Morgan fingerprint density at radius 3 is 1.80 bits per heavy atom. The molecule has 0 saturated heterocycles. The first-order chi connectivity index (χ1) is 28.7. The van der Waals surface area contributed by atoms with E-state index in [-0.39, 0.29) is 17.5 Å². The maximum absolute atomic E-state index is 6.99. The summed E-state index contributed by atoms with van der Waals surface area (Å²) in [6, 6.07) is 46.7. The minimum atomic E-state index is -0.0100. The molecule has 7 aromatic carbocycles. The van der Waals surface area contributed by atoms with Crippen molar-refractivity contribution >= 4 is 44.9 Å². The van der Waals surface area contributed by atoms with Gasteiger partial charge >= 0.3 is 0 Å². The Balaban J connectivity index is 1.13. The zero-order valence-electron chi connectivity index (χ0n) is 36.6. The molecule has 1 aromatic heterocycles.